The second kappa shape index (κ2) is 9.39. The second-order valence-electron chi connectivity index (χ2n) is 7.62. The average molecular weight is 412 g/mol. The molecule has 4 aromatic rings. The van der Waals surface area contributed by atoms with Gasteiger partial charge < -0.3 is 9.88 Å². The molecule has 0 saturated heterocycles. The van der Waals surface area contributed by atoms with Gasteiger partial charge in [0.25, 0.3) is 5.91 Å². The van der Waals surface area contributed by atoms with Crippen LogP contribution in [-0.2, 0) is 13.0 Å². The van der Waals surface area contributed by atoms with E-state index < -0.39 is 0 Å². The van der Waals surface area contributed by atoms with Crippen LogP contribution < -0.4 is 5.32 Å². The number of carbonyl (C=O) groups is 2. The molecule has 0 unspecified atom stereocenters. The van der Waals surface area contributed by atoms with Crippen molar-refractivity contribution in [2.45, 2.75) is 26.3 Å². The predicted molar refractivity (Wildman–Crippen MR) is 122 cm³/mol. The highest BCUT2D eigenvalue weighted by Crippen LogP contribution is 2.18. The van der Waals surface area contributed by atoms with Crippen molar-refractivity contribution >= 4 is 22.7 Å². The summed E-state index contributed by atoms with van der Waals surface area (Å²) in [5, 5.41) is 2.97. The summed E-state index contributed by atoms with van der Waals surface area (Å²) in [4.78, 5) is 29.9. The number of hydrogen-bond donors (Lipinski definition) is 1. The number of aromatic nitrogens is 2. The summed E-state index contributed by atoms with van der Waals surface area (Å²) in [5.41, 5.74) is 4.24. The Labute approximate surface area is 181 Å². The number of aryl methyl sites for hydroxylation is 2. The Bertz CT molecular complexity index is 1210. The van der Waals surface area contributed by atoms with E-state index in [-0.39, 0.29) is 18.2 Å². The van der Waals surface area contributed by atoms with Gasteiger partial charge in [0.05, 0.1) is 17.6 Å². The number of hydrogen-bond acceptors (Lipinski definition) is 3. The summed E-state index contributed by atoms with van der Waals surface area (Å²) in [6, 6.07) is 24.7. The number of nitrogens with zero attached hydrogens (tertiary/aromatic N) is 2. The van der Waals surface area contributed by atoms with E-state index in [0.29, 0.717) is 24.1 Å². The van der Waals surface area contributed by atoms with E-state index in [0.717, 1.165) is 28.8 Å². The molecule has 0 atom stereocenters. The third kappa shape index (κ3) is 4.89. The van der Waals surface area contributed by atoms with Crippen LogP contribution in [0.5, 0.6) is 0 Å². The van der Waals surface area contributed by atoms with Crippen molar-refractivity contribution in [3.05, 3.63) is 101 Å². The van der Waals surface area contributed by atoms with Gasteiger partial charge >= 0.3 is 0 Å². The third-order valence-corrected chi connectivity index (χ3v) is 5.27. The van der Waals surface area contributed by atoms with Crippen LogP contribution >= 0.6 is 0 Å². The smallest absolute Gasteiger partial charge is 0.251 e. The summed E-state index contributed by atoms with van der Waals surface area (Å²) in [5.74, 6) is 0.837. The molecule has 4 rings (SSSR count). The maximum absolute atomic E-state index is 12.8. The minimum Gasteiger partial charge on any atom is -0.352 e. The highest BCUT2D eigenvalue weighted by molar-refractivity contribution is 5.96. The Hall–Kier alpha value is -3.73. The molecule has 1 amide bonds. The zero-order chi connectivity index (χ0) is 21.6. The van der Waals surface area contributed by atoms with Gasteiger partial charge in [-0.05, 0) is 37.6 Å². The third-order valence-electron chi connectivity index (χ3n) is 5.27. The molecule has 0 radical (unpaired) electrons. The zero-order valence-electron chi connectivity index (χ0n) is 17.5. The Morgan fingerprint density at radius 2 is 1.65 bits per heavy atom. The van der Waals surface area contributed by atoms with Crippen molar-refractivity contribution in [3.63, 3.8) is 0 Å². The molecular weight excluding hydrogens is 386 g/mol. The van der Waals surface area contributed by atoms with E-state index in [1.165, 1.54) is 0 Å². The molecule has 156 valence electrons. The van der Waals surface area contributed by atoms with Gasteiger partial charge in [-0.3, -0.25) is 9.59 Å². The first-order chi connectivity index (χ1) is 15.1. The Kier molecular flexibility index (Phi) is 6.22. The number of amides is 1. The van der Waals surface area contributed by atoms with Crippen LogP contribution in [0.3, 0.4) is 0 Å². The largest absolute Gasteiger partial charge is 0.352 e. The minimum atomic E-state index is -0.0727. The SMILES string of the molecule is Cc1cccc(C(=O)NCCCc2nc3ccccc3n2CC(=O)c2ccccc2)c1. The van der Waals surface area contributed by atoms with E-state index in [1.807, 2.05) is 90.4 Å². The molecule has 0 fully saturated rings. The molecule has 1 heterocycles. The molecule has 5 heteroatoms. The van der Waals surface area contributed by atoms with Crippen LogP contribution in [-0.4, -0.2) is 27.8 Å². The van der Waals surface area contributed by atoms with Crippen LogP contribution in [0.15, 0.2) is 78.9 Å². The van der Waals surface area contributed by atoms with E-state index in [9.17, 15) is 9.59 Å². The quantitative estimate of drug-likeness (QED) is 0.341. The van der Waals surface area contributed by atoms with Gasteiger partial charge in [0.2, 0.25) is 0 Å². The first kappa shape index (κ1) is 20.5. The summed E-state index contributed by atoms with van der Waals surface area (Å²) in [6.07, 6.45) is 1.41. The van der Waals surface area contributed by atoms with Gasteiger partial charge in [-0.25, -0.2) is 4.98 Å². The Morgan fingerprint density at radius 1 is 0.903 bits per heavy atom. The van der Waals surface area contributed by atoms with Crippen LogP contribution in [0.1, 0.15) is 38.5 Å². The highest BCUT2D eigenvalue weighted by atomic mass is 16.1. The molecular formula is C26H25N3O2. The van der Waals surface area contributed by atoms with E-state index >= 15 is 0 Å². The Balaban J connectivity index is 1.44. The number of benzene rings is 3. The lowest BCUT2D eigenvalue weighted by Gasteiger charge is -2.10. The van der Waals surface area contributed by atoms with E-state index in [2.05, 4.69) is 5.32 Å². The second-order valence-corrected chi connectivity index (χ2v) is 7.62. The van der Waals surface area contributed by atoms with Crippen molar-refractivity contribution in [1.29, 1.82) is 0 Å². The number of fused-ring (bicyclic) bond motifs is 1. The number of Topliss-reactive ketones (excluding diaryl/α,β-unsaturated/α-hetero) is 1. The van der Waals surface area contributed by atoms with Crippen molar-refractivity contribution in [2.75, 3.05) is 6.54 Å². The normalized spacial score (nSPS) is 10.9. The average Bonchev–Trinajstić information content (AvgIpc) is 3.14. The molecule has 31 heavy (non-hydrogen) atoms. The number of rotatable bonds is 8. The van der Waals surface area contributed by atoms with E-state index in [1.54, 1.807) is 0 Å². The van der Waals surface area contributed by atoms with E-state index in [4.69, 9.17) is 4.98 Å². The summed E-state index contributed by atoms with van der Waals surface area (Å²) in [7, 11) is 0. The van der Waals surface area contributed by atoms with Crippen LogP contribution in [0.2, 0.25) is 0 Å². The molecule has 0 aliphatic heterocycles. The van der Waals surface area contributed by atoms with Gasteiger partial charge in [-0.15, -0.1) is 0 Å². The number of nitrogens with one attached hydrogen (secondary N) is 1. The molecule has 5 nitrogen and oxygen atoms in total. The summed E-state index contributed by atoms with van der Waals surface area (Å²) < 4.78 is 1.99. The van der Waals surface area contributed by atoms with Gasteiger partial charge in [-0.2, -0.15) is 0 Å². The summed E-state index contributed by atoms with van der Waals surface area (Å²) >= 11 is 0. The molecule has 0 aliphatic carbocycles. The van der Waals surface area contributed by atoms with Crippen molar-refractivity contribution in [1.82, 2.24) is 14.9 Å². The molecule has 0 aliphatic rings. The zero-order valence-corrected chi connectivity index (χ0v) is 17.5. The van der Waals surface area contributed by atoms with Crippen molar-refractivity contribution in [3.8, 4) is 0 Å². The standard InChI is InChI=1S/C26H25N3O2/c1-19-9-7-12-21(17-19)26(31)27-16-8-15-25-28-22-13-5-6-14-23(22)29(25)18-24(30)20-10-3-2-4-11-20/h2-7,9-14,17H,8,15-16,18H2,1H3,(H,27,31). The maximum Gasteiger partial charge on any atom is 0.251 e. The number of para-hydroxylation sites is 2. The van der Waals surface area contributed by atoms with Crippen LogP contribution in [0, 0.1) is 6.92 Å². The van der Waals surface area contributed by atoms with Crippen LogP contribution in [0.4, 0.5) is 0 Å². The predicted octanol–water partition coefficient (Wildman–Crippen LogP) is 4.59. The number of imidazole rings is 1. The first-order valence-electron chi connectivity index (χ1n) is 10.5. The van der Waals surface area contributed by atoms with Crippen LogP contribution in [0.25, 0.3) is 11.0 Å². The number of ketones is 1. The molecule has 1 N–H and O–H groups in total. The lowest BCUT2D eigenvalue weighted by atomic mass is 10.1. The molecule has 0 bridgehead atoms. The first-order valence-corrected chi connectivity index (χ1v) is 10.5. The van der Waals surface area contributed by atoms with Gasteiger partial charge in [0.1, 0.15) is 5.82 Å². The van der Waals surface area contributed by atoms with Gasteiger partial charge in [-0.1, -0.05) is 60.2 Å². The topological polar surface area (TPSA) is 64.0 Å². The Morgan fingerprint density at radius 3 is 2.45 bits per heavy atom. The molecule has 1 aromatic heterocycles. The molecule has 3 aromatic carbocycles. The highest BCUT2D eigenvalue weighted by Gasteiger charge is 2.15. The maximum atomic E-state index is 12.8. The summed E-state index contributed by atoms with van der Waals surface area (Å²) in [6.45, 7) is 2.76. The molecule has 0 saturated carbocycles. The van der Waals surface area contributed by atoms with Gasteiger partial charge in [0, 0.05) is 24.1 Å². The lowest BCUT2D eigenvalue weighted by molar-refractivity contribution is 0.0951. The monoisotopic (exact) mass is 411 g/mol. The fourth-order valence-corrected chi connectivity index (χ4v) is 3.69. The van der Waals surface area contributed by atoms with Crippen molar-refractivity contribution in [2.24, 2.45) is 0 Å². The molecule has 0 spiro atoms. The minimum absolute atomic E-state index is 0.0535. The fraction of sp³-hybridized carbons (Fsp3) is 0.192. The van der Waals surface area contributed by atoms with Crippen molar-refractivity contribution < 1.29 is 9.59 Å². The fourth-order valence-electron chi connectivity index (χ4n) is 3.69. The number of carbonyl (C=O) groups excluding carboxylic acids is 2. The van der Waals surface area contributed by atoms with Gasteiger partial charge in [0.15, 0.2) is 5.78 Å². The lowest BCUT2D eigenvalue weighted by Crippen LogP contribution is -2.25.